The van der Waals surface area contributed by atoms with Crippen molar-refractivity contribution in [3.63, 3.8) is 0 Å². The third-order valence-corrected chi connectivity index (χ3v) is 7.53. The van der Waals surface area contributed by atoms with Crippen LogP contribution in [0.4, 0.5) is 0 Å². The third-order valence-electron chi connectivity index (χ3n) is 5.40. The predicted molar refractivity (Wildman–Crippen MR) is 132 cm³/mol. The Bertz CT molecular complexity index is 1060. The number of nitrogens with zero attached hydrogens (tertiary/aromatic N) is 3. The molecule has 2 rings (SSSR count). The number of nitrogens with one attached hydrogen (secondary N) is 1. The molecule has 13 nitrogen and oxygen atoms in total. The molecule has 14 heteroatoms. The van der Waals surface area contributed by atoms with Crippen molar-refractivity contribution >= 4 is 20.3 Å². The van der Waals surface area contributed by atoms with Gasteiger partial charge < -0.3 is 23.3 Å². The largest absolute Gasteiger partial charge is 0.466 e. The minimum Gasteiger partial charge on any atom is -0.466 e. The standard InChI is InChI=1S/C23H35N4O9P/c1-7-33-18(30)13-16(28)19-20(36-37(34-12-8-10-24)27(14(2)3)15(4)5)21(32-6)22(35-19)26-11-9-17(29)25-23(26)31/h9,11,14-15,19-22H,7-8,12-13H2,1-6H3,(H,25,29,31)/t19-,20?,21+,22-,37?/m1/s1. The first-order valence-corrected chi connectivity index (χ1v) is 13.1. The number of aromatic nitrogens is 2. The van der Waals surface area contributed by atoms with Crippen LogP contribution in [-0.2, 0) is 32.8 Å². The fourth-order valence-corrected chi connectivity index (χ4v) is 5.71. The summed E-state index contributed by atoms with van der Waals surface area (Å²) in [5.74, 6) is -1.36. The molecule has 1 aromatic heterocycles. The van der Waals surface area contributed by atoms with Crippen LogP contribution in [0, 0.1) is 11.3 Å². The topological polar surface area (TPSA) is 162 Å². The van der Waals surface area contributed by atoms with Crippen LogP contribution in [0.5, 0.6) is 0 Å². The summed E-state index contributed by atoms with van der Waals surface area (Å²) in [6.45, 7) is 9.64. The maximum absolute atomic E-state index is 13.2. The number of hydrogen-bond acceptors (Lipinski definition) is 11. The average Bonchev–Trinajstić information content (AvgIpc) is 3.16. The molecule has 1 aliphatic rings. The zero-order valence-corrected chi connectivity index (χ0v) is 22.8. The lowest BCUT2D eigenvalue weighted by atomic mass is 10.0. The van der Waals surface area contributed by atoms with Gasteiger partial charge in [-0.3, -0.25) is 23.9 Å². The van der Waals surface area contributed by atoms with E-state index in [0.717, 1.165) is 10.6 Å². The zero-order chi connectivity index (χ0) is 27.7. The first kappa shape index (κ1) is 30.8. The van der Waals surface area contributed by atoms with Crippen LogP contribution in [0.1, 0.15) is 53.7 Å². The number of rotatable bonds is 14. The molecule has 5 atom stereocenters. The highest BCUT2D eigenvalue weighted by molar-refractivity contribution is 7.44. The van der Waals surface area contributed by atoms with Crippen LogP contribution in [0.15, 0.2) is 21.9 Å². The Hall–Kier alpha value is -2.46. The minimum atomic E-state index is -1.83. The highest BCUT2D eigenvalue weighted by Gasteiger charge is 2.52. The fourth-order valence-electron chi connectivity index (χ4n) is 3.97. The highest BCUT2D eigenvalue weighted by atomic mass is 31.2. The molecule has 1 fully saturated rings. The molecule has 0 amide bonds. The second-order valence-electron chi connectivity index (χ2n) is 8.73. The van der Waals surface area contributed by atoms with Gasteiger partial charge in [-0.25, -0.2) is 9.46 Å². The number of nitriles is 1. The molecule has 37 heavy (non-hydrogen) atoms. The summed E-state index contributed by atoms with van der Waals surface area (Å²) >= 11 is 0. The molecule has 0 saturated carbocycles. The van der Waals surface area contributed by atoms with Crippen molar-refractivity contribution in [1.82, 2.24) is 14.2 Å². The van der Waals surface area contributed by atoms with Crippen LogP contribution in [0.3, 0.4) is 0 Å². The Morgan fingerprint density at radius 1 is 1.24 bits per heavy atom. The van der Waals surface area contributed by atoms with Gasteiger partial charge in [-0.15, -0.1) is 0 Å². The lowest BCUT2D eigenvalue weighted by Crippen LogP contribution is -2.43. The Kier molecular flexibility index (Phi) is 12.0. The summed E-state index contributed by atoms with van der Waals surface area (Å²) in [7, 11) is -0.460. The van der Waals surface area contributed by atoms with E-state index in [1.807, 2.05) is 38.4 Å². The van der Waals surface area contributed by atoms with E-state index in [1.165, 1.54) is 13.3 Å². The van der Waals surface area contributed by atoms with Gasteiger partial charge in [-0.1, -0.05) is 0 Å². The number of methoxy groups -OCH3 is 1. The van der Waals surface area contributed by atoms with Gasteiger partial charge in [0.05, 0.1) is 25.7 Å². The first-order valence-electron chi connectivity index (χ1n) is 12.0. The number of esters is 1. The van der Waals surface area contributed by atoms with E-state index in [0.29, 0.717) is 0 Å². The van der Waals surface area contributed by atoms with Crippen LogP contribution in [-0.4, -0.2) is 76.7 Å². The second kappa shape index (κ2) is 14.5. The Morgan fingerprint density at radius 2 is 1.92 bits per heavy atom. The van der Waals surface area contributed by atoms with Crippen LogP contribution >= 0.6 is 8.53 Å². The van der Waals surface area contributed by atoms with E-state index in [1.54, 1.807) is 6.92 Å². The van der Waals surface area contributed by atoms with E-state index in [4.69, 9.17) is 28.5 Å². The third kappa shape index (κ3) is 8.01. The van der Waals surface area contributed by atoms with Crippen molar-refractivity contribution in [3.8, 4) is 6.07 Å². The second-order valence-corrected chi connectivity index (χ2v) is 10.1. The highest BCUT2D eigenvalue weighted by Crippen LogP contribution is 2.50. The molecule has 0 aromatic carbocycles. The van der Waals surface area contributed by atoms with Crippen molar-refractivity contribution in [1.29, 1.82) is 5.26 Å². The van der Waals surface area contributed by atoms with Crippen molar-refractivity contribution < 1.29 is 32.8 Å². The molecular formula is C23H35N4O9P. The number of ether oxygens (including phenoxy) is 3. The van der Waals surface area contributed by atoms with Gasteiger partial charge in [-0.05, 0) is 34.6 Å². The number of H-pyrrole nitrogens is 1. The molecule has 0 radical (unpaired) electrons. The number of hydrogen-bond donors (Lipinski definition) is 1. The molecule has 1 aromatic rings. The number of aromatic amines is 1. The molecule has 0 bridgehead atoms. The number of carbonyl (C=O) groups excluding carboxylic acids is 2. The molecule has 0 spiro atoms. The molecule has 2 unspecified atom stereocenters. The Morgan fingerprint density at radius 3 is 2.46 bits per heavy atom. The normalized spacial score (nSPS) is 22.4. The lowest BCUT2D eigenvalue weighted by Gasteiger charge is -2.38. The predicted octanol–water partition coefficient (Wildman–Crippen LogP) is 1.63. The van der Waals surface area contributed by atoms with Gasteiger partial charge in [0.1, 0.15) is 24.7 Å². The minimum absolute atomic E-state index is 0.0252. The van der Waals surface area contributed by atoms with Gasteiger partial charge in [0.15, 0.2) is 12.0 Å². The van der Waals surface area contributed by atoms with E-state index in [2.05, 4.69) is 4.98 Å². The van der Waals surface area contributed by atoms with Gasteiger partial charge in [0, 0.05) is 31.5 Å². The van der Waals surface area contributed by atoms with E-state index >= 15 is 0 Å². The van der Waals surface area contributed by atoms with Crippen molar-refractivity contribution in [2.24, 2.45) is 0 Å². The summed E-state index contributed by atoms with van der Waals surface area (Å²) in [4.78, 5) is 51.5. The van der Waals surface area contributed by atoms with E-state index in [9.17, 15) is 19.2 Å². The number of Topliss-reactive ketones (excluding diaryl/α,β-unsaturated/α-hetero) is 1. The van der Waals surface area contributed by atoms with Crippen molar-refractivity contribution in [2.75, 3.05) is 20.3 Å². The van der Waals surface area contributed by atoms with Gasteiger partial charge >= 0.3 is 11.7 Å². The van der Waals surface area contributed by atoms with E-state index < -0.39 is 62.5 Å². The van der Waals surface area contributed by atoms with Crippen LogP contribution in [0.25, 0.3) is 0 Å². The van der Waals surface area contributed by atoms with E-state index in [-0.39, 0.29) is 31.7 Å². The smallest absolute Gasteiger partial charge is 0.330 e. The summed E-state index contributed by atoms with van der Waals surface area (Å²) in [6.07, 6.45) is -3.78. The van der Waals surface area contributed by atoms with Crippen molar-refractivity contribution in [2.45, 2.75) is 84.1 Å². The summed E-state index contributed by atoms with van der Waals surface area (Å²) in [6, 6.07) is 3.11. The number of carbonyl (C=O) groups is 2. The van der Waals surface area contributed by atoms with Crippen LogP contribution in [0.2, 0.25) is 0 Å². The monoisotopic (exact) mass is 542 g/mol. The molecular weight excluding hydrogens is 507 g/mol. The Labute approximate surface area is 216 Å². The molecule has 0 aliphatic carbocycles. The SMILES string of the molecule is CCOC(=O)CC(=O)[C@H]1O[C@@H](n2ccc(=O)[nH]c2=O)[C@@H](OC)C1OP(OCCC#N)N(C(C)C)C(C)C. The first-order chi connectivity index (χ1) is 17.5. The quantitative estimate of drug-likeness (QED) is 0.157. The van der Waals surface area contributed by atoms with Gasteiger partial charge in [-0.2, -0.15) is 5.26 Å². The number of ketones is 1. The maximum Gasteiger partial charge on any atom is 0.330 e. The maximum atomic E-state index is 13.2. The van der Waals surface area contributed by atoms with Gasteiger partial charge in [0.2, 0.25) is 0 Å². The molecule has 206 valence electrons. The van der Waals surface area contributed by atoms with Crippen molar-refractivity contribution in [3.05, 3.63) is 33.1 Å². The average molecular weight is 543 g/mol. The Balaban J connectivity index is 2.50. The summed E-state index contributed by atoms with van der Waals surface area (Å²) in [5, 5.41) is 8.99. The summed E-state index contributed by atoms with van der Waals surface area (Å²) < 4.78 is 31.9. The molecule has 1 saturated heterocycles. The van der Waals surface area contributed by atoms with Crippen LogP contribution < -0.4 is 11.2 Å². The molecule has 1 aliphatic heterocycles. The van der Waals surface area contributed by atoms with Gasteiger partial charge in [0.25, 0.3) is 14.1 Å². The molecule has 1 N–H and O–H groups in total. The molecule has 2 heterocycles. The fraction of sp³-hybridized carbons (Fsp3) is 0.696. The zero-order valence-electron chi connectivity index (χ0n) is 21.9. The summed E-state index contributed by atoms with van der Waals surface area (Å²) in [5.41, 5.74) is -1.37. The lowest BCUT2D eigenvalue weighted by molar-refractivity contribution is -0.149.